The summed E-state index contributed by atoms with van der Waals surface area (Å²) < 4.78 is 25.0. The van der Waals surface area contributed by atoms with Crippen LogP contribution in [0.5, 0.6) is 0 Å². The molecule has 4 rings (SSSR count). The van der Waals surface area contributed by atoms with E-state index in [1.807, 2.05) is 23.6 Å². The number of ketones is 1. The number of rotatable bonds is 7. The Bertz CT molecular complexity index is 1480. The smallest absolute Gasteiger partial charge is 0.238 e. The quantitative estimate of drug-likeness (QED) is 0.402. The van der Waals surface area contributed by atoms with Gasteiger partial charge >= 0.3 is 0 Å². The maximum atomic E-state index is 12.7. The van der Waals surface area contributed by atoms with Crippen molar-refractivity contribution < 1.29 is 13.2 Å². The number of carbonyl (C=O) groups is 1. The molecule has 7 nitrogen and oxygen atoms in total. The number of Topliss-reactive ketones (excluding diaryl/α,β-unsaturated/α-hetero) is 1. The number of sulfonamides is 1. The van der Waals surface area contributed by atoms with E-state index in [1.54, 1.807) is 13.0 Å². The van der Waals surface area contributed by atoms with Gasteiger partial charge in [0.2, 0.25) is 10.0 Å². The Labute approximate surface area is 197 Å². The van der Waals surface area contributed by atoms with E-state index in [-0.39, 0.29) is 22.9 Å². The third-order valence-corrected chi connectivity index (χ3v) is 7.45. The lowest BCUT2D eigenvalue weighted by atomic mass is 10.0. The molecular weight excluding hydrogens is 456 g/mol. The maximum absolute atomic E-state index is 12.7. The average Bonchev–Trinajstić information content (AvgIpc) is 3.14. The zero-order valence-electron chi connectivity index (χ0n) is 18.6. The Balaban J connectivity index is 1.55. The van der Waals surface area contributed by atoms with Crippen LogP contribution in [0.2, 0.25) is 0 Å². The Kier molecular flexibility index (Phi) is 6.38. The number of fused-ring (bicyclic) bond motifs is 1. The van der Waals surface area contributed by atoms with Gasteiger partial charge in [0, 0.05) is 11.8 Å². The Morgan fingerprint density at radius 3 is 2.39 bits per heavy atom. The SMILES string of the molecule is Cc1cc(S(N)(=O)=O)ccc1CC(=O)CSc1nnc(C)n1-c1ccc(C)c2ccccc12. The number of benzene rings is 3. The summed E-state index contributed by atoms with van der Waals surface area (Å²) in [5.74, 6) is 0.971. The van der Waals surface area contributed by atoms with E-state index >= 15 is 0 Å². The van der Waals surface area contributed by atoms with Crippen LogP contribution in [-0.4, -0.2) is 34.7 Å². The number of nitrogens with two attached hydrogens (primary N) is 1. The Morgan fingerprint density at radius 2 is 1.70 bits per heavy atom. The molecule has 0 fully saturated rings. The summed E-state index contributed by atoms with van der Waals surface area (Å²) in [7, 11) is -3.77. The summed E-state index contributed by atoms with van der Waals surface area (Å²) in [6.45, 7) is 5.74. The van der Waals surface area contributed by atoms with Crippen molar-refractivity contribution in [3.05, 3.63) is 77.1 Å². The van der Waals surface area contributed by atoms with Gasteiger partial charge in [-0.3, -0.25) is 9.36 Å². The highest BCUT2D eigenvalue weighted by atomic mass is 32.2. The first-order valence-electron chi connectivity index (χ1n) is 10.3. The topological polar surface area (TPSA) is 108 Å². The number of thioether (sulfide) groups is 1. The lowest BCUT2D eigenvalue weighted by molar-refractivity contribution is -0.116. The van der Waals surface area contributed by atoms with Gasteiger partial charge in [-0.25, -0.2) is 13.6 Å². The molecule has 1 aromatic heterocycles. The number of aromatic nitrogens is 3. The monoisotopic (exact) mass is 480 g/mol. The highest BCUT2D eigenvalue weighted by molar-refractivity contribution is 7.99. The van der Waals surface area contributed by atoms with Crippen LogP contribution in [0.25, 0.3) is 16.5 Å². The van der Waals surface area contributed by atoms with Crippen molar-refractivity contribution in [1.29, 1.82) is 0 Å². The van der Waals surface area contributed by atoms with Crippen LogP contribution in [0.3, 0.4) is 0 Å². The molecule has 33 heavy (non-hydrogen) atoms. The summed E-state index contributed by atoms with van der Waals surface area (Å²) in [6, 6.07) is 16.9. The van der Waals surface area contributed by atoms with E-state index in [4.69, 9.17) is 5.14 Å². The fourth-order valence-electron chi connectivity index (χ4n) is 3.79. The van der Waals surface area contributed by atoms with Crippen molar-refractivity contribution in [1.82, 2.24) is 14.8 Å². The lowest BCUT2D eigenvalue weighted by Crippen LogP contribution is -2.13. The van der Waals surface area contributed by atoms with Crippen LogP contribution < -0.4 is 5.14 Å². The zero-order chi connectivity index (χ0) is 23.8. The number of carbonyl (C=O) groups excluding carboxylic acids is 1. The van der Waals surface area contributed by atoms with Crippen LogP contribution in [0, 0.1) is 20.8 Å². The van der Waals surface area contributed by atoms with E-state index in [0.29, 0.717) is 10.7 Å². The predicted octanol–water partition coefficient (Wildman–Crippen LogP) is 3.90. The molecule has 170 valence electrons. The molecule has 0 unspecified atom stereocenters. The first kappa shape index (κ1) is 23.2. The standard InChI is InChI=1S/C24H24N4O3S2/c1-15-8-11-23(22-7-5-4-6-21(15)22)28-17(3)26-27-24(28)32-14-19(29)13-18-9-10-20(12-16(18)2)33(25,30)31/h4-12H,13-14H2,1-3H3,(H2,25,30,31). The van der Waals surface area contributed by atoms with Gasteiger partial charge in [0.1, 0.15) is 11.6 Å². The predicted molar refractivity (Wildman–Crippen MR) is 130 cm³/mol. The molecule has 0 aliphatic carbocycles. The Hall–Kier alpha value is -3.01. The highest BCUT2D eigenvalue weighted by Crippen LogP contribution is 2.29. The van der Waals surface area contributed by atoms with Crippen LogP contribution >= 0.6 is 11.8 Å². The van der Waals surface area contributed by atoms with Gasteiger partial charge in [0.15, 0.2) is 5.16 Å². The minimum Gasteiger partial charge on any atom is -0.298 e. The average molecular weight is 481 g/mol. The number of primary sulfonamides is 1. The number of nitrogens with zero attached hydrogens (tertiary/aromatic N) is 3. The molecule has 4 aromatic rings. The summed E-state index contributed by atoms with van der Waals surface area (Å²) in [4.78, 5) is 12.8. The molecule has 0 amide bonds. The van der Waals surface area contributed by atoms with Crippen LogP contribution in [-0.2, 0) is 21.2 Å². The van der Waals surface area contributed by atoms with Crippen LogP contribution in [0.1, 0.15) is 22.5 Å². The van der Waals surface area contributed by atoms with Gasteiger partial charge in [-0.2, -0.15) is 0 Å². The molecule has 2 N–H and O–H groups in total. The molecule has 3 aromatic carbocycles. The molecule has 0 saturated heterocycles. The molecule has 0 bridgehead atoms. The highest BCUT2D eigenvalue weighted by Gasteiger charge is 2.17. The lowest BCUT2D eigenvalue weighted by Gasteiger charge is -2.13. The van der Waals surface area contributed by atoms with E-state index in [1.165, 1.54) is 29.5 Å². The molecule has 0 saturated carbocycles. The first-order valence-corrected chi connectivity index (χ1v) is 12.9. The largest absolute Gasteiger partial charge is 0.298 e. The summed E-state index contributed by atoms with van der Waals surface area (Å²) >= 11 is 1.34. The van der Waals surface area contributed by atoms with Crippen molar-refractivity contribution in [3.63, 3.8) is 0 Å². The van der Waals surface area contributed by atoms with Crippen LogP contribution in [0.4, 0.5) is 0 Å². The normalized spacial score (nSPS) is 11.8. The molecule has 0 aliphatic heterocycles. The van der Waals surface area contributed by atoms with Gasteiger partial charge in [0.25, 0.3) is 0 Å². The minimum atomic E-state index is -3.77. The fourth-order valence-corrected chi connectivity index (χ4v) is 5.24. The number of hydrogen-bond acceptors (Lipinski definition) is 6. The molecule has 0 atom stereocenters. The van der Waals surface area contributed by atoms with Crippen molar-refractivity contribution >= 4 is 38.3 Å². The van der Waals surface area contributed by atoms with Crippen molar-refractivity contribution in [2.45, 2.75) is 37.2 Å². The first-order chi connectivity index (χ1) is 15.6. The van der Waals surface area contributed by atoms with E-state index in [0.717, 1.165) is 27.8 Å². The third kappa shape index (κ3) is 4.85. The van der Waals surface area contributed by atoms with Gasteiger partial charge in [-0.1, -0.05) is 48.2 Å². The second kappa shape index (κ2) is 9.09. The maximum Gasteiger partial charge on any atom is 0.238 e. The van der Waals surface area contributed by atoms with Crippen LogP contribution in [0.15, 0.2) is 64.6 Å². The minimum absolute atomic E-state index is 0.00687. The number of hydrogen-bond donors (Lipinski definition) is 1. The summed E-state index contributed by atoms with van der Waals surface area (Å²) in [5, 5.41) is 16.6. The van der Waals surface area contributed by atoms with Gasteiger partial charge in [0.05, 0.1) is 16.3 Å². The van der Waals surface area contributed by atoms with Gasteiger partial charge < -0.3 is 0 Å². The molecule has 9 heteroatoms. The second-order valence-electron chi connectivity index (χ2n) is 7.95. The van der Waals surface area contributed by atoms with E-state index < -0.39 is 10.0 Å². The van der Waals surface area contributed by atoms with Gasteiger partial charge in [-0.15, -0.1) is 10.2 Å². The number of aryl methyl sites for hydroxylation is 3. The third-order valence-electron chi connectivity index (χ3n) is 5.55. The molecule has 0 aliphatic rings. The fraction of sp³-hybridized carbons (Fsp3) is 0.208. The second-order valence-corrected chi connectivity index (χ2v) is 10.5. The zero-order valence-corrected chi connectivity index (χ0v) is 20.2. The van der Waals surface area contributed by atoms with Crippen molar-refractivity contribution in [2.24, 2.45) is 5.14 Å². The molecular formula is C24H24N4O3S2. The van der Waals surface area contributed by atoms with E-state index in [9.17, 15) is 13.2 Å². The Morgan fingerprint density at radius 1 is 0.970 bits per heavy atom. The molecule has 1 heterocycles. The summed E-state index contributed by atoms with van der Waals surface area (Å²) in [6.07, 6.45) is 0.199. The molecule has 0 spiro atoms. The van der Waals surface area contributed by atoms with Gasteiger partial charge in [-0.05, 0) is 61.0 Å². The molecule has 0 radical (unpaired) electrons. The summed E-state index contributed by atoms with van der Waals surface area (Å²) in [5.41, 5.74) is 3.65. The van der Waals surface area contributed by atoms with E-state index in [2.05, 4.69) is 41.4 Å². The van der Waals surface area contributed by atoms with Crippen molar-refractivity contribution in [2.75, 3.05) is 5.75 Å². The van der Waals surface area contributed by atoms with Crippen molar-refractivity contribution in [3.8, 4) is 5.69 Å².